The van der Waals surface area contributed by atoms with E-state index in [2.05, 4.69) is 48.9 Å². The van der Waals surface area contributed by atoms with Crippen molar-refractivity contribution in [1.82, 2.24) is 0 Å². The van der Waals surface area contributed by atoms with Gasteiger partial charge in [0.1, 0.15) is 11.6 Å². The number of hydrogen-bond acceptors (Lipinski definition) is 1. The predicted molar refractivity (Wildman–Crippen MR) is 80.4 cm³/mol. The summed E-state index contributed by atoms with van der Waals surface area (Å²) in [5.41, 5.74) is 0.361. The number of anilines is 1. The average molecular weight is 334 g/mol. The van der Waals surface area contributed by atoms with Gasteiger partial charge in [0.2, 0.25) is 0 Å². The van der Waals surface area contributed by atoms with E-state index in [4.69, 9.17) is 0 Å². The van der Waals surface area contributed by atoms with Crippen molar-refractivity contribution in [1.29, 1.82) is 0 Å². The van der Waals surface area contributed by atoms with Crippen LogP contribution in [0.5, 0.6) is 0 Å². The molecule has 0 heterocycles. The van der Waals surface area contributed by atoms with Crippen LogP contribution in [0.1, 0.15) is 40.5 Å². The molecule has 0 aliphatic rings. The molecule has 1 aromatic rings. The summed E-state index contributed by atoms with van der Waals surface area (Å²) < 4.78 is 27.2. The van der Waals surface area contributed by atoms with Crippen LogP contribution in [0.15, 0.2) is 16.6 Å². The molecule has 0 unspecified atom stereocenters. The zero-order chi connectivity index (χ0) is 14.6. The van der Waals surface area contributed by atoms with Crippen LogP contribution in [-0.2, 0) is 0 Å². The second-order valence-corrected chi connectivity index (χ2v) is 6.70. The first kappa shape index (κ1) is 16.4. The van der Waals surface area contributed by atoms with E-state index in [1.807, 2.05) is 0 Å². The molecule has 1 N–H and O–H groups in total. The fourth-order valence-electron chi connectivity index (χ4n) is 2.21. The van der Waals surface area contributed by atoms with Gasteiger partial charge in [-0.1, -0.05) is 27.7 Å². The molecule has 0 aliphatic heterocycles. The normalized spacial score (nSPS) is 11.7. The van der Waals surface area contributed by atoms with Gasteiger partial charge >= 0.3 is 0 Å². The summed E-state index contributed by atoms with van der Waals surface area (Å²) in [7, 11) is 0. The van der Waals surface area contributed by atoms with Gasteiger partial charge in [0.25, 0.3) is 0 Å². The molecule has 1 nitrogen and oxygen atoms in total. The maximum Gasteiger partial charge on any atom is 0.149 e. The lowest BCUT2D eigenvalue weighted by atomic mass is 9.95. The van der Waals surface area contributed by atoms with Crippen LogP contribution in [0.2, 0.25) is 0 Å². The van der Waals surface area contributed by atoms with E-state index in [0.717, 1.165) is 18.9 Å². The highest BCUT2D eigenvalue weighted by Crippen LogP contribution is 2.26. The molecule has 1 rings (SSSR count). The van der Waals surface area contributed by atoms with Crippen LogP contribution < -0.4 is 5.32 Å². The summed E-state index contributed by atoms with van der Waals surface area (Å²) in [5.74, 6) is -0.0584. The van der Waals surface area contributed by atoms with Crippen LogP contribution in [0.25, 0.3) is 0 Å². The van der Waals surface area contributed by atoms with Crippen molar-refractivity contribution in [3.05, 3.63) is 28.2 Å². The first-order valence-corrected chi connectivity index (χ1v) is 7.50. The Morgan fingerprint density at radius 1 is 1.00 bits per heavy atom. The summed E-state index contributed by atoms with van der Waals surface area (Å²) in [4.78, 5) is 0. The van der Waals surface area contributed by atoms with Crippen molar-refractivity contribution in [2.24, 2.45) is 11.8 Å². The number of benzene rings is 1. The summed E-state index contributed by atoms with van der Waals surface area (Å²) in [6, 6.07) is 2.58. The highest BCUT2D eigenvalue weighted by Gasteiger charge is 2.16. The van der Waals surface area contributed by atoms with Gasteiger partial charge in [-0.2, -0.15) is 0 Å². The van der Waals surface area contributed by atoms with Crippen LogP contribution in [0.3, 0.4) is 0 Å². The number of halogens is 3. The Labute approximate surface area is 122 Å². The molecular weight excluding hydrogens is 312 g/mol. The molecule has 1 aromatic carbocycles. The molecule has 4 heteroatoms. The molecule has 0 bridgehead atoms. The summed E-state index contributed by atoms with van der Waals surface area (Å²) >= 11 is 3.09. The molecule has 0 atom stereocenters. The Bertz CT molecular complexity index is 409. The molecule has 0 saturated carbocycles. The fraction of sp³-hybridized carbons (Fsp3) is 0.600. The van der Waals surface area contributed by atoms with Crippen LogP contribution in [0.4, 0.5) is 14.5 Å². The van der Waals surface area contributed by atoms with Gasteiger partial charge in [-0.25, -0.2) is 8.78 Å². The van der Waals surface area contributed by atoms with E-state index < -0.39 is 11.6 Å². The average Bonchev–Trinajstić information content (AvgIpc) is 2.23. The van der Waals surface area contributed by atoms with Crippen molar-refractivity contribution >= 4 is 21.6 Å². The zero-order valence-electron chi connectivity index (χ0n) is 11.9. The Hall–Kier alpha value is -0.640. The SMILES string of the molecule is CC(C)CC(CC(C)C)Nc1cc(Br)c(F)cc1F. The smallest absolute Gasteiger partial charge is 0.149 e. The van der Waals surface area contributed by atoms with Gasteiger partial charge in [0, 0.05) is 12.1 Å². The summed E-state index contributed by atoms with van der Waals surface area (Å²) in [6.07, 6.45) is 1.93. The Balaban J connectivity index is 2.86. The summed E-state index contributed by atoms with van der Waals surface area (Å²) in [6.45, 7) is 8.58. The maximum absolute atomic E-state index is 13.7. The molecule has 0 fully saturated rings. The Morgan fingerprint density at radius 3 is 2.00 bits per heavy atom. The first-order chi connectivity index (χ1) is 8.79. The van der Waals surface area contributed by atoms with Gasteiger partial charge in [-0.05, 0) is 46.7 Å². The van der Waals surface area contributed by atoms with Gasteiger partial charge in [-0.15, -0.1) is 0 Å². The molecule has 0 spiro atoms. The lowest BCUT2D eigenvalue weighted by Crippen LogP contribution is -2.24. The quantitative estimate of drug-likeness (QED) is 0.668. The Kier molecular flexibility index (Phi) is 6.24. The van der Waals surface area contributed by atoms with Gasteiger partial charge in [0.05, 0.1) is 10.2 Å². The van der Waals surface area contributed by atoms with Gasteiger partial charge in [-0.3, -0.25) is 0 Å². The van der Waals surface area contributed by atoms with Crippen molar-refractivity contribution in [3.8, 4) is 0 Å². The highest BCUT2D eigenvalue weighted by atomic mass is 79.9. The van der Waals surface area contributed by atoms with E-state index in [1.54, 1.807) is 0 Å². The van der Waals surface area contributed by atoms with Crippen LogP contribution in [0, 0.1) is 23.5 Å². The third-order valence-corrected chi connectivity index (χ3v) is 3.49. The molecular formula is C15H22BrF2N. The van der Waals surface area contributed by atoms with E-state index in [1.165, 1.54) is 6.07 Å². The minimum atomic E-state index is -0.577. The number of nitrogens with one attached hydrogen (secondary N) is 1. The molecule has 19 heavy (non-hydrogen) atoms. The maximum atomic E-state index is 13.7. The monoisotopic (exact) mass is 333 g/mol. The number of hydrogen-bond donors (Lipinski definition) is 1. The number of rotatable bonds is 6. The lowest BCUT2D eigenvalue weighted by molar-refractivity contribution is 0.440. The Morgan fingerprint density at radius 2 is 1.53 bits per heavy atom. The molecule has 0 aromatic heterocycles. The molecule has 0 aliphatic carbocycles. The summed E-state index contributed by atoms with van der Waals surface area (Å²) in [5, 5.41) is 3.21. The van der Waals surface area contributed by atoms with Crippen LogP contribution >= 0.6 is 15.9 Å². The van der Waals surface area contributed by atoms with Crippen molar-refractivity contribution in [2.45, 2.75) is 46.6 Å². The van der Waals surface area contributed by atoms with E-state index >= 15 is 0 Å². The second-order valence-electron chi connectivity index (χ2n) is 5.85. The fourth-order valence-corrected chi connectivity index (χ4v) is 2.55. The van der Waals surface area contributed by atoms with Crippen LogP contribution in [-0.4, -0.2) is 6.04 Å². The third kappa shape index (κ3) is 5.47. The molecule has 0 amide bonds. The lowest BCUT2D eigenvalue weighted by Gasteiger charge is -2.24. The minimum Gasteiger partial charge on any atom is -0.380 e. The molecule has 108 valence electrons. The van der Waals surface area contributed by atoms with E-state index in [-0.39, 0.29) is 10.5 Å². The van der Waals surface area contributed by atoms with E-state index in [0.29, 0.717) is 17.5 Å². The van der Waals surface area contributed by atoms with Crippen molar-refractivity contribution in [3.63, 3.8) is 0 Å². The third-order valence-electron chi connectivity index (χ3n) is 2.88. The van der Waals surface area contributed by atoms with Gasteiger partial charge < -0.3 is 5.32 Å². The first-order valence-electron chi connectivity index (χ1n) is 6.70. The van der Waals surface area contributed by atoms with Crippen molar-refractivity contribution in [2.75, 3.05) is 5.32 Å². The topological polar surface area (TPSA) is 12.0 Å². The standard InChI is InChI=1S/C15H22BrF2N/c1-9(2)5-11(6-10(3)4)19-15-7-12(16)13(17)8-14(15)18/h7-11,19H,5-6H2,1-4H3. The molecule has 0 radical (unpaired) electrons. The van der Waals surface area contributed by atoms with E-state index in [9.17, 15) is 8.78 Å². The predicted octanol–water partition coefficient (Wildman–Crippen LogP) is 5.60. The van der Waals surface area contributed by atoms with Crippen molar-refractivity contribution < 1.29 is 8.78 Å². The highest BCUT2D eigenvalue weighted by molar-refractivity contribution is 9.10. The largest absolute Gasteiger partial charge is 0.380 e. The van der Waals surface area contributed by atoms with Gasteiger partial charge in [0.15, 0.2) is 0 Å². The second kappa shape index (κ2) is 7.22. The molecule has 0 saturated heterocycles. The zero-order valence-corrected chi connectivity index (χ0v) is 13.5. The minimum absolute atomic E-state index is 0.201.